The number of fused-ring (bicyclic) bond motifs is 3. The van der Waals surface area contributed by atoms with Crippen LogP contribution in [0.25, 0.3) is 27.1 Å². The highest BCUT2D eigenvalue weighted by atomic mass is 32.1. The van der Waals surface area contributed by atoms with Crippen LogP contribution in [-0.4, -0.2) is 11.6 Å². The second-order valence-corrected chi connectivity index (χ2v) is 7.48. The van der Waals surface area contributed by atoms with Gasteiger partial charge in [0.15, 0.2) is 11.6 Å². The summed E-state index contributed by atoms with van der Waals surface area (Å²) in [4.78, 5) is 26.6. The van der Waals surface area contributed by atoms with Crippen molar-refractivity contribution in [3.8, 4) is 0 Å². The van der Waals surface area contributed by atoms with Crippen LogP contribution < -0.4 is 0 Å². The van der Waals surface area contributed by atoms with Gasteiger partial charge in [-0.2, -0.15) is 0 Å². The maximum absolute atomic E-state index is 12.7. The van der Waals surface area contributed by atoms with Crippen molar-refractivity contribution in [3.05, 3.63) is 75.9 Å². The van der Waals surface area contributed by atoms with Crippen LogP contribution in [0.1, 0.15) is 31.4 Å². The Labute approximate surface area is 147 Å². The topological polar surface area (TPSA) is 47.3 Å². The number of thiophene rings is 1. The van der Waals surface area contributed by atoms with Gasteiger partial charge in [0.05, 0.1) is 10.3 Å². The van der Waals surface area contributed by atoms with Gasteiger partial charge in [0.1, 0.15) is 11.3 Å². The van der Waals surface area contributed by atoms with Crippen LogP contribution in [0, 0.1) is 6.92 Å². The highest BCUT2D eigenvalue weighted by Gasteiger charge is 2.33. The second-order valence-electron chi connectivity index (χ2n) is 6.20. The molecule has 0 bridgehead atoms. The van der Waals surface area contributed by atoms with E-state index in [-0.39, 0.29) is 17.1 Å². The number of benzene rings is 2. The van der Waals surface area contributed by atoms with Crippen LogP contribution in [0.4, 0.5) is 0 Å². The molecular weight excluding hydrogens is 332 g/mol. The monoisotopic (exact) mass is 344 g/mol. The molecule has 25 heavy (non-hydrogen) atoms. The van der Waals surface area contributed by atoms with Gasteiger partial charge >= 0.3 is 0 Å². The normalized spacial score (nSPS) is 13.9. The second kappa shape index (κ2) is 5.01. The zero-order chi connectivity index (χ0) is 17.1. The van der Waals surface area contributed by atoms with Crippen LogP contribution in [-0.2, 0) is 0 Å². The summed E-state index contributed by atoms with van der Waals surface area (Å²) in [5, 5.41) is 1.91. The number of hydrogen-bond donors (Lipinski definition) is 0. The Hall–Kier alpha value is -2.98. The van der Waals surface area contributed by atoms with Crippen LogP contribution >= 0.6 is 11.3 Å². The molecule has 2 aromatic carbocycles. The average molecular weight is 344 g/mol. The molecule has 0 radical (unpaired) electrons. The Bertz CT molecular complexity index is 1150. The lowest BCUT2D eigenvalue weighted by Crippen LogP contribution is -1.99. The van der Waals surface area contributed by atoms with Gasteiger partial charge in [-0.05, 0) is 42.0 Å². The van der Waals surface area contributed by atoms with Gasteiger partial charge in [-0.15, -0.1) is 11.3 Å². The predicted molar refractivity (Wildman–Crippen MR) is 99.4 cm³/mol. The van der Waals surface area contributed by atoms with E-state index < -0.39 is 0 Å². The van der Waals surface area contributed by atoms with Gasteiger partial charge in [-0.1, -0.05) is 24.3 Å². The van der Waals surface area contributed by atoms with Gasteiger partial charge in [0, 0.05) is 22.1 Å². The summed E-state index contributed by atoms with van der Waals surface area (Å²) < 4.78 is 6.77. The first-order chi connectivity index (χ1) is 12.1. The first-order valence-electron chi connectivity index (χ1n) is 7.94. The summed E-state index contributed by atoms with van der Waals surface area (Å²) in [7, 11) is 0. The molecule has 1 aliphatic carbocycles. The maximum Gasteiger partial charge on any atom is 0.197 e. The van der Waals surface area contributed by atoms with E-state index >= 15 is 0 Å². The molecule has 4 aromatic rings. The highest BCUT2D eigenvalue weighted by molar-refractivity contribution is 7.18. The minimum absolute atomic E-state index is 0.170. The van der Waals surface area contributed by atoms with E-state index in [0.717, 1.165) is 21.1 Å². The summed E-state index contributed by atoms with van der Waals surface area (Å²) in [5.41, 5.74) is 1.90. The Kier molecular flexibility index (Phi) is 2.88. The fraction of sp³-hybridized carbons (Fsp3) is 0.0476. The highest BCUT2D eigenvalue weighted by Crippen LogP contribution is 2.33. The number of carbonyl (C=O) groups is 2. The summed E-state index contributed by atoms with van der Waals surface area (Å²) in [6, 6.07) is 15.2. The Balaban J connectivity index is 1.64. The summed E-state index contributed by atoms with van der Waals surface area (Å²) in [6.45, 7) is 2.02. The van der Waals surface area contributed by atoms with Gasteiger partial charge in [-0.25, -0.2) is 0 Å². The number of rotatable bonds is 1. The molecular formula is C21H12O3S. The minimum Gasteiger partial charge on any atom is -0.456 e. The van der Waals surface area contributed by atoms with Gasteiger partial charge in [0.25, 0.3) is 0 Å². The van der Waals surface area contributed by atoms with E-state index in [1.54, 1.807) is 29.5 Å². The molecule has 0 unspecified atom stereocenters. The summed E-state index contributed by atoms with van der Waals surface area (Å²) in [6.07, 6.45) is 1.57. The predicted octanol–water partition coefficient (Wildman–Crippen LogP) is 5.42. The molecule has 2 aromatic heterocycles. The van der Waals surface area contributed by atoms with Crippen molar-refractivity contribution in [2.24, 2.45) is 0 Å². The molecule has 0 amide bonds. The van der Waals surface area contributed by atoms with E-state index in [0.29, 0.717) is 16.9 Å². The first kappa shape index (κ1) is 14.4. The van der Waals surface area contributed by atoms with E-state index in [2.05, 4.69) is 0 Å². The molecule has 0 N–H and O–H groups in total. The summed E-state index contributed by atoms with van der Waals surface area (Å²) >= 11 is 1.63. The fourth-order valence-electron chi connectivity index (χ4n) is 3.33. The molecule has 5 rings (SSSR count). The number of carbonyl (C=O) groups excluding carboxylic acids is 2. The summed E-state index contributed by atoms with van der Waals surface area (Å²) in [5.74, 6) is 0.0682. The lowest BCUT2D eigenvalue weighted by Gasteiger charge is -2.00. The van der Waals surface area contributed by atoms with Crippen molar-refractivity contribution in [1.82, 2.24) is 0 Å². The van der Waals surface area contributed by atoms with E-state index in [1.165, 1.54) is 4.88 Å². The minimum atomic E-state index is -0.235. The molecule has 0 atom stereocenters. The zero-order valence-corrected chi connectivity index (χ0v) is 14.1. The van der Waals surface area contributed by atoms with Crippen molar-refractivity contribution in [2.45, 2.75) is 6.92 Å². The molecule has 1 aliphatic rings. The molecule has 0 fully saturated rings. The van der Waals surface area contributed by atoms with Crippen molar-refractivity contribution in [3.63, 3.8) is 0 Å². The van der Waals surface area contributed by atoms with Gasteiger partial charge < -0.3 is 4.42 Å². The SMILES string of the molecule is Cc1cc2oc(C=C3C(=O)c4cc5ccccc5cc4C3=O)cc2s1. The lowest BCUT2D eigenvalue weighted by atomic mass is 10.0. The quantitative estimate of drug-likeness (QED) is 0.342. The molecule has 120 valence electrons. The largest absolute Gasteiger partial charge is 0.456 e. The smallest absolute Gasteiger partial charge is 0.197 e. The number of hydrogen-bond acceptors (Lipinski definition) is 4. The van der Waals surface area contributed by atoms with E-state index in [9.17, 15) is 9.59 Å². The van der Waals surface area contributed by atoms with Crippen LogP contribution in [0.15, 0.2) is 58.5 Å². The van der Waals surface area contributed by atoms with Crippen LogP contribution in [0.3, 0.4) is 0 Å². The van der Waals surface area contributed by atoms with Crippen molar-refractivity contribution in [2.75, 3.05) is 0 Å². The Morgan fingerprint density at radius 1 is 0.920 bits per heavy atom. The fourth-order valence-corrected chi connectivity index (χ4v) is 4.22. The zero-order valence-electron chi connectivity index (χ0n) is 13.3. The van der Waals surface area contributed by atoms with Crippen molar-refractivity contribution in [1.29, 1.82) is 0 Å². The number of furan rings is 1. The third-order valence-corrected chi connectivity index (χ3v) is 5.48. The van der Waals surface area contributed by atoms with Gasteiger partial charge in [0.2, 0.25) is 0 Å². The molecule has 3 nitrogen and oxygen atoms in total. The van der Waals surface area contributed by atoms with Crippen molar-refractivity contribution < 1.29 is 14.0 Å². The average Bonchev–Trinajstić information content (AvgIpc) is 3.20. The Morgan fingerprint density at radius 2 is 1.56 bits per heavy atom. The molecule has 2 heterocycles. The Morgan fingerprint density at radius 3 is 2.16 bits per heavy atom. The molecule has 4 heteroatoms. The standard InChI is InChI=1S/C21H12O3S/c1-11-6-18-19(25-11)10-14(24-18)9-17-20(22)15-7-12-4-2-3-5-13(12)8-16(15)21(17)23/h2-10H,1H3. The molecule has 0 aliphatic heterocycles. The van der Waals surface area contributed by atoms with Crippen molar-refractivity contribution >= 4 is 50.0 Å². The number of ketones is 2. The third-order valence-electron chi connectivity index (χ3n) is 4.50. The molecule has 0 saturated carbocycles. The third kappa shape index (κ3) is 2.11. The van der Waals surface area contributed by atoms with E-state index in [1.807, 2.05) is 43.3 Å². The number of aryl methyl sites for hydroxylation is 1. The van der Waals surface area contributed by atoms with Crippen LogP contribution in [0.5, 0.6) is 0 Å². The van der Waals surface area contributed by atoms with Crippen LogP contribution in [0.2, 0.25) is 0 Å². The first-order valence-corrected chi connectivity index (χ1v) is 8.76. The molecule has 0 spiro atoms. The lowest BCUT2D eigenvalue weighted by molar-refractivity contribution is 0.0990. The molecule has 0 saturated heterocycles. The van der Waals surface area contributed by atoms with E-state index in [4.69, 9.17) is 4.42 Å². The number of Topliss-reactive ketones (excluding diaryl/α,β-unsaturated/α-hetero) is 2. The number of allylic oxidation sites excluding steroid dienone is 1. The van der Waals surface area contributed by atoms with Gasteiger partial charge in [-0.3, -0.25) is 9.59 Å². The maximum atomic E-state index is 12.7.